The van der Waals surface area contributed by atoms with Crippen molar-refractivity contribution in [2.45, 2.75) is 63.6 Å². The molecular formula is C36H52N4O8+2. The Kier molecular flexibility index (Phi) is 14.7. The summed E-state index contributed by atoms with van der Waals surface area (Å²) in [5, 5.41) is 21.5. The van der Waals surface area contributed by atoms with Crippen LogP contribution in [0.15, 0.2) is 60.7 Å². The number of ether oxygens (including phenoxy) is 2. The van der Waals surface area contributed by atoms with Crippen LogP contribution in [0, 0.1) is 0 Å². The van der Waals surface area contributed by atoms with Gasteiger partial charge in [0.05, 0.1) is 13.2 Å². The van der Waals surface area contributed by atoms with Crippen LogP contribution in [0.3, 0.4) is 0 Å². The van der Waals surface area contributed by atoms with E-state index in [-0.39, 0.29) is 35.5 Å². The number of likely N-dealkylation sites (tertiary alicyclic amines) is 2. The van der Waals surface area contributed by atoms with Gasteiger partial charge in [-0.3, -0.25) is 19.2 Å². The van der Waals surface area contributed by atoms with Crippen LogP contribution < -0.4 is 10.9 Å². The number of aliphatic hydroxyl groups is 2. The van der Waals surface area contributed by atoms with E-state index >= 15 is 0 Å². The zero-order valence-corrected chi connectivity index (χ0v) is 27.9. The molecule has 2 unspecified atom stereocenters. The van der Waals surface area contributed by atoms with Gasteiger partial charge in [-0.2, -0.15) is 10.9 Å². The van der Waals surface area contributed by atoms with Gasteiger partial charge in [0.1, 0.15) is 51.5 Å². The maximum atomic E-state index is 12.8. The normalized spacial score (nSPS) is 18.3. The number of aliphatic hydroxyl groups excluding tert-OH is 2. The summed E-state index contributed by atoms with van der Waals surface area (Å²) in [5.74, 6) is -2.52. The quantitative estimate of drug-likeness (QED) is 0.0771. The number of Topliss-reactive ketones (excluding diaryl/α,β-unsaturated/α-hetero) is 2. The monoisotopic (exact) mass is 668 g/mol. The maximum absolute atomic E-state index is 12.8. The topological polar surface area (TPSA) is 151 Å². The zero-order valence-electron chi connectivity index (χ0n) is 27.9. The molecule has 2 fully saturated rings. The second kappa shape index (κ2) is 18.9. The van der Waals surface area contributed by atoms with Gasteiger partial charge in [-0.1, -0.05) is 60.7 Å². The molecule has 2 aromatic carbocycles. The summed E-state index contributed by atoms with van der Waals surface area (Å²) in [7, 11) is 0. The van der Waals surface area contributed by atoms with E-state index < -0.39 is 35.6 Å². The van der Waals surface area contributed by atoms with Crippen LogP contribution >= 0.6 is 0 Å². The van der Waals surface area contributed by atoms with Gasteiger partial charge in [-0.25, -0.2) is 9.18 Å². The molecule has 4 rings (SSSR count). The molecule has 0 bridgehead atoms. The number of hydrogen-bond donors (Lipinski definition) is 4. The predicted molar refractivity (Wildman–Crippen MR) is 178 cm³/mol. The summed E-state index contributed by atoms with van der Waals surface area (Å²) in [4.78, 5) is 50.9. The fraction of sp³-hybridized carbons (Fsp3) is 0.556. The molecule has 2 saturated heterocycles. The van der Waals surface area contributed by atoms with Gasteiger partial charge in [-0.15, -0.1) is 0 Å². The first kappa shape index (κ1) is 37.3. The Morgan fingerprint density at radius 1 is 0.583 bits per heavy atom. The molecule has 4 N–H and O–H groups in total. The lowest BCUT2D eigenvalue weighted by atomic mass is 10.1. The average Bonchev–Trinajstić information content (AvgIpc) is 3.10. The summed E-state index contributed by atoms with van der Waals surface area (Å²) in [5.41, 5.74) is 6.48. The van der Waals surface area contributed by atoms with Crippen molar-refractivity contribution in [1.29, 1.82) is 0 Å². The molecule has 48 heavy (non-hydrogen) atoms. The highest BCUT2D eigenvalue weighted by Gasteiger charge is 2.38. The van der Waals surface area contributed by atoms with Crippen LogP contribution in [0.5, 0.6) is 0 Å². The number of hydrogen-bond acceptors (Lipinski definition) is 8. The molecule has 262 valence electrons. The average molecular weight is 669 g/mol. The third-order valence-corrected chi connectivity index (χ3v) is 9.07. The Bertz CT molecular complexity index is 1210. The Morgan fingerprint density at radius 3 is 1.29 bits per heavy atom. The minimum Gasteiger partial charge on any atom is -0.385 e. The number of quaternary nitrogens is 2. The molecule has 0 spiro atoms. The van der Waals surface area contributed by atoms with Crippen molar-refractivity contribution in [3.63, 3.8) is 0 Å². The Morgan fingerprint density at radius 2 is 0.938 bits per heavy atom. The summed E-state index contributed by atoms with van der Waals surface area (Å²) < 4.78 is 11.8. The number of piperidine rings is 2. The third-order valence-electron chi connectivity index (χ3n) is 9.07. The van der Waals surface area contributed by atoms with E-state index in [0.29, 0.717) is 63.4 Å². The minimum absolute atomic E-state index is 0.112. The number of carbonyl (C=O) groups excluding carboxylic acids is 4. The van der Waals surface area contributed by atoms with Gasteiger partial charge in [0.25, 0.3) is 11.6 Å². The molecule has 2 aliphatic rings. The van der Waals surface area contributed by atoms with Crippen molar-refractivity contribution in [2.75, 3.05) is 65.7 Å². The van der Waals surface area contributed by atoms with Gasteiger partial charge in [0.2, 0.25) is 0 Å². The molecule has 2 atom stereocenters. The predicted octanol–water partition coefficient (Wildman–Crippen LogP) is 2.35. The van der Waals surface area contributed by atoms with E-state index in [1.807, 2.05) is 0 Å². The number of carbonyl (C=O) groups is 4. The number of unbranched alkanes of at least 4 members (excludes halogenated alkanes) is 1. The Hall–Kier alpha value is -3.52. The highest BCUT2D eigenvalue weighted by Crippen LogP contribution is 2.19. The van der Waals surface area contributed by atoms with E-state index in [0.717, 1.165) is 38.5 Å². The Balaban J connectivity index is 1.12. The molecule has 2 amide bonds. The molecule has 2 heterocycles. The standard InChI is InChI=1S/C36H50N4O8/c41-31(25-39(19-9-3-10-20-39)37-35(45)33(43)29-15-5-1-6-16-29)27-47-23-13-14-24-48-28-32(42)26-40(21-11-4-12-22-40)38-36(46)34(44)30-17-7-2-8-18-30/h1-2,5-8,15-18,31-32,41-42H,3-4,9-14,19-28H2/p+2. The first-order valence-electron chi connectivity index (χ1n) is 17.3. The van der Waals surface area contributed by atoms with Crippen molar-refractivity contribution >= 4 is 23.4 Å². The first-order valence-corrected chi connectivity index (χ1v) is 17.3. The van der Waals surface area contributed by atoms with E-state index in [9.17, 15) is 29.4 Å². The Labute approximate surface area is 283 Å². The second-order valence-electron chi connectivity index (χ2n) is 13.1. The number of nitrogens with one attached hydrogen (secondary N) is 2. The molecule has 0 saturated carbocycles. The van der Waals surface area contributed by atoms with Crippen molar-refractivity contribution in [3.8, 4) is 0 Å². The SMILES string of the molecule is O=C(N[N+]1(CC(O)COCCCCOCC(O)C[N+]2(NC(=O)C(=O)c3ccccc3)CCCCC2)CCCCC1)C(=O)c1ccccc1. The lowest BCUT2D eigenvalue weighted by molar-refractivity contribution is -0.967. The highest BCUT2D eigenvalue weighted by molar-refractivity contribution is 6.43. The summed E-state index contributed by atoms with van der Waals surface area (Å²) in [6.45, 7) is 4.16. The van der Waals surface area contributed by atoms with Crippen molar-refractivity contribution in [2.24, 2.45) is 0 Å². The summed E-state index contributed by atoms with van der Waals surface area (Å²) in [6.07, 6.45) is 5.43. The van der Waals surface area contributed by atoms with E-state index in [4.69, 9.17) is 9.47 Å². The van der Waals surface area contributed by atoms with Crippen LogP contribution in [-0.4, -0.2) is 121 Å². The van der Waals surface area contributed by atoms with Crippen molar-refractivity contribution in [3.05, 3.63) is 71.8 Å². The van der Waals surface area contributed by atoms with Crippen molar-refractivity contribution < 1.29 is 48.0 Å². The molecule has 0 aliphatic carbocycles. The number of rotatable bonds is 19. The lowest BCUT2D eigenvalue weighted by Crippen LogP contribution is -2.66. The second-order valence-corrected chi connectivity index (χ2v) is 13.1. The first-order chi connectivity index (χ1) is 23.2. The van der Waals surface area contributed by atoms with Crippen LogP contribution in [0.1, 0.15) is 72.1 Å². The highest BCUT2D eigenvalue weighted by atomic mass is 16.5. The maximum Gasteiger partial charge on any atom is 0.336 e. The van der Waals surface area contributed by atoms with Crippen molar-refractivity contribution in [1.82, 2.24) is 10.9 Å². The molecule has 12 nitrogen and oxygen atoms in total. The summed E-state index contributed by atoms with van der Waals surface area (Å²) >= 11 is 0. The van der Waals surface area contributed by atoms with Crippen LogP contribution in [-0.2, 0) is 19.1 Å². The van der Waals surface area contributed by atoms with E-state index in [2.05, 4.69) is 10.9 Å². The van der Waals surface area contributed by atoms with Gasteiger partial charge in [0, 0.05) is 24.3 Å². The smallest absolute Gasteiger partial charge is 0.336 e. The fourth-order valence-electron chi connectivity index (χ4n) is 6.65. The van der Waals surface area contributed by atoms with Crippen LogP contribution in [0.4, 0.5) is 0 Å². The lowest BCUT2D eigenvalue weighted by Gasteiger charge is -2.41. The fourth-order valence-corrected chi connectivity index (χ4v) is 6.65. The van der Waals surface area contributed by atoms with Gasteiger partial charge >= 0.3 is 11.8 Å². The third kappa shape index (κ3) is 11.6. The van der Waals surface area contributed by atoms with E-state index in [1.165, 1.54) is 0 Å². The van der Waals surface area contributed by atoms with Crippen LogP contribution in [0.25, 0.3) is 0 Å². The summed E-state index contributed by atoms with van der Waals surface area (Å²) in [6, 6.07) is 16.9. The zero-order chi connectivity index (χ0) is 34.2. The minimum atomic E-state index is -0.810. The molecule has 0 radical (unpaired) electrons. The number of benzene rings is 2. The van der Waals surface area contributed by atoms with Gasteiger partial charge < -0.3 is 19.7 Å². The molecule has 0 aromatic heterocycles. The number of amides is 2. The number of ketones is 2. The largest absolute Gasteiger partial charge is 0.385 e. The molecule has 12 heteroatoms. The van der Waals surface area contributed by atoms with E-state index in [1.54, 1.807) is 60.7 Å². The van der Waals surface area contributed by atoms with Gasteiger partial charge in [0.15, 0.2) is 0 Å². The molecular weight excluding hydrogens is 616 g/mol. The number of nitrogens with zero attached hydrogens (tertiary/aromatic N) is 2. The molecule has 2 aliphatic heterocycles. The van der Waals surface area contributed by atoms with Crippen LogP contribution in [0.2, 0.25) is 0 Å². The van der Waals surface area contributed by atoms with Gasteiger partial charge in [-0.05, 0) is 51.4 Å². The molecule has 2 aromatic rings.